The van der Waals surface area contributed by atoms with E-state index in [2.05, 4.69) is 0 Å². The third kappa shape index (κ3) is 4.64. The van der Waals surface area contributed by atoms with Crippen molar-refractivity contribution in [2.45, 2.75) is 30.7 Å². The summed E-state index contributed by atoms with van der Waals surface area (Å²) in [5.41, 5.74) is -0.437. The summed E-state index contributed by atoms with van der Waals surface area (Å²) in [6.07, 6.45) is -9.24. The van der Waals surface area contributed by atoms with Gasteiger partial charge in [-0.15, -0.1) is 0 Å². The number of ether oxygens (including phenoxy) is 3. The maximum atomic E-state index is 12.6. The number of esters is 1. The topological polar surface area (TPSA) is 180 Å². The third-order valence-corrected chi connectivity index (χ3v) is 4.48. The zero-order valence-corrected chi connectivity index (χ0v) is 15.7. The lowest BCUT2D eigenvalue weighted by Gasteiger charge is -2.38. The highest BCUT2D eigenvalue weighted by Gasteiger charge is 2.48. The van der Waals surface area contributed by atoms with E-state index in [0.29, 0.717) is 0 Å². The molecule has 0 aromatic heterocycles. The van der Waals surface area contributed by atoms with Crippen molar-refractivity contribution in [2.75, 3.05) is 0 Å². The molecule has 31 heavy (non-hydrogen) atoms. The van der Waals surface area contributed by atoms with Crippen LogP contribution in [-0.2, 0) is 9.53 Å². The Morgan fingerprint density at radius 2 is 1.35 bits per heavy atom. The van der Waals surface area contributed by atoms with E-state index in [0.717, 1.165) is 0 Å². The first-order valence-electron chi connectivity index (χ1n) is 8.93. The Balaban J connectivity index is 1.84. The van der Waals surface area contributed by atoms with E-state index < -0.39 is 48.6 Å². The first-order valence-corrected chi connectivity index (χ1v) is 8.93. The van der Waals surface area contributed by atoms with Gasteiger partial charge in [0.05, 0.1) is 0 Å². The molecule has 5 atom stereocenters. The number of carboxylic acid groups (broad SMARTS) is 2. The summed E-state index contributed by atoms with van der Waals surface area (Å²) in [7, 11) is 0. The van der Waals surface area contributed by atoms with Gasteiger partial charge in [0.2, 0.25) is 6.29 Å². The summed E-state index contributed by atoms with van der Waals surface area (Å²) in [6.45, 7) is 0. The number of aromatic carboxylic acids is 1. The SMILES string of the molecule is O=C(O)c1ccccc1OC(=O)c1ccccc1OC1OC(C(=O)O)C(O)C(O)C1O. The molecule has 0 spiro atoms. The number of benzene rings is 2. The second-order valence-corrected chi connectivity index (χ2v) is 6.54. The van der Waals surface area contributed by atoms with E-state index in [9.17, 15) is 34.8 Å². The second-order valence-electron chi connectivity index (χ2n) is 6.54. The summed E-state index contributed by atoms with van der Waals surface area (Å²) >= 11 is 0. The van der Waals surface area contributed by atoms with Crippen LogP contribution < -0.4 is 9.47 Å². The molecule has 1 fully saturated rings. The number of para-hydroxylation sites is 2. The summed E-state index contributed by atoms with van der Waals surface area (Å²) in [5, 5.41) is 48.1. The zero-order chi connectivity index (χ0) is 22.7. The monoisotopic (exact) mass is 434 g/mol. The molecule has 0 amide bonds. The van der Waals surface area contributed by atoms with Crippen molar-refractivity contribution in [2.24, 2.45) is 0 Å². The second kappa shape index (κ2) is 9.10. The van der Waals surface area contributed by atoms with Crippen LogP contribution in [0.2, 0.25) is 0 Å². The number of aliphatic hydroxyl groups is 3. The quantitative estimate of drug-likeness (QED) is 0.302. The molecule has 5 N–H and O–H groups in total. The van der Waals surface area contributed by atoms with Crippen molar-refractivity contribution in [3.05, 3.63) is 59.7 Å². The number of carbonyl (C=O) groups is 3. The molecule has 3 rings (SSSR count). The largest absolute Gasteiger partial charge is 0.479 e. The average Bonchev–Trinajstić information content (AvgIpc) is 2.74. The van der Waals surface area contributed by atoms with Crippen LogP contribution in [0.3, 0.4) is 0 Å². The van der Waals surface area contributed by atoms with Crippen molar-refractivity contribution in [1.82, 2.24) is 0 Å². The van der Waals surface area contributed by atoms with Crippen molar-refractivity contribution in [1.29, 1.82) is 0 Å². The lowest BCUT2D eigenvalue weighted by molar-refractivity contribution is -0.271. The summed E-state index contributed by atoms with van der Waals surface area (Å²) < 4.78 is 15.6. The van der Waals surface area contributed by atoms with Gasteiger partial charge in [0.1, 0.15) is 40.9 Å². The zero-order valence-electron chi connectivity index (χ0n) is 15.7. The van der Waals surface area contributed by atoms with Gasteiger partial charge in [-0.25, -0.2) is 14.4 Å². The Morgan fingerprint density at radius 1 is 0.774 bits per heavy atom. The maximum absolute atomic E-state index is 12.6. The minimum atomic E-state index is -1.90. The Hall–Kier alpha value is -3.51. The summed E-state index contributed by atoms with van der Waals surface area (Å²) in [5.74, 6) is -4.31. The molecule has 164 valence electrons. The van der Waals surface area contributed by atoms with Gasteiger partial charge in [0, 0.05) is 0 Å². The Kier molecular flexibility index (Phi) is 6.51. The normalized spacial score (nSPS) is 25.5. The Labute approximate surface area is 174 Å². The van der Waals surface area contributed by atoms with Crippen LogP contribution in [0.25, 0.3) is 0 Å². The smallest absolute Gasteiger partial charge is 0.347 e. The average molecular weight is 434 g/mol. The maximum Gasteiger partial charge on any atom is 0.347 e. The molecular formula is C20H18O11. The van der Waals surface area contributed by atoms with Gasteiger partial charge >= 0.3 is 17.9 Å². The van der Waals surface area contributed by atoms with Crippen LogP contribution in [0, 0.1) is 0 Å². The van der Waals surface area contributed by atoms with E-state index in [-0.39, 0.29) is 22.6 Å². The van der Waals surface area contributed by atoms with Crippen molar-refractivity contribution in [3.63, 3.8) is 0 Å². The highest BCUT2D eigenvalue weighted by molar-refractivity contribution is 5.97. The van der Waals surface area contributed by atoms with E-state index in [4.69, 9.17) is 19.3 Å². The lowest BCUT2D eigenvalue weighted by Crippen LogP contribution is -2.61. The molecule has 11 heteroatoms. The third-order valence-electron chi connectivity index (χ3n) is 4.48. The van der Waals surface area contributed by atoms with Gasteiger partial charge in [-0.3, -0.25) is 0 Å². The molecule has 0 bridgehead atoms. The molecule has 5 unspecified atom stereocenters. The van der Waals surface area contributed by atoms with Gasteiger partial charge < -0.3 is 39.7 Å². The molecule has 2 aromatic carbocycles. The lowest BCUT2D eigenvalue weighted by atomic mass is 9.99. The molecule has 1 aliphatic heterocycles. The van der Waals surface area contributed by atoms with Crippen LogP contribution >= 0.6 is 0 Å². The molecule has 0 radical (unpaired) electrons. The van der Waals surface area contributed by atoms with E-state index >= 15 is 0 Å². The minimum Gasteiger partial charge on any atom is -0.479 e. The van der Waals surface area contributed by atoms with Crippen molar-refractivity contribution < 1.29 is 54.1 Å². The van der Waals surface area contributed by atoms with Gasteiger partial charge in [-0.05, 0) is 24.3 Å². The van der Waals surface area contributed by atoms with Gasteiger partial charge in [-0.1, -0.05) is 24.3 Å². The Morgan fingerprint density at radius 3 is 1.97 bits per heavy atom. The molecule has 1 heterocycles. The standard InChI is InChI=1S/C20H18O11/c21-13-14(22)16(18(26)27)31-20(15(13)23)30-12-8-4-2-6-10(12)19(28)29-11-7-3-1-5-9(11)17(24)25/h1-8,13-16,20-23H,(H,24,25)(H,26,27). The van der Waals surface area contributed by atoms with Crippen molar-refractivity contribution >= 4 is 17.9 Å². The fraction of sp³-hybridized carbons (Fsp3) is 0.250. The summed E-state index contributed by atoms with van der Waals surface area (Å²) in [6, 6.07) is 11.0. The first kappa shape index (κ1) is 22.2. The van der Waals surface area contributed by atoms with Crippen LogP contribution in [0.5, 0.6) is 11.5 Å². The molecule has 2 aromatic rings. The van der Waals surface area contributed by atoms with Crippen LogP contribution in [-0.4, -0.2) is 74.1 Å². The number of hydrogen-bond acceptors (Lipinski definition) is 9. The van der Waals surface area contributed by atoms with Gasteiger partial charge in [0.25, 0.3) is 0 Å². The van der Waals surface area contributed by atoms with Crippen LogP contribution in [0.1, 0.15) is 20.7 Å². The number of rotatable bonds is 6. The number of aliphatic hydroxyl groups excluding tert-OH is 3. The van der Waals surface area contributed by atoms with E-state index in [1.807, 2.05) is 0 Å². The predicted octanol–water partition coefficient (Wildman–Crippen LogP) is -0.125. The fourth-order valence-corrected chi connectivity index (χ4v) is 2.90. The Bertz CT molecular complexity index is 989. The van der Waals surface area contributed by atoms with E-state index in [1.165, 1.54) is 48.5 Å². The number of carboxylic acids is 2. The minimum absolute atomic E-state index is 0.189. The predicted molar refractivity (Wildman–Crippen MR) is 99.7 cm³/mol. The molecule has 0 saturated carbocycles. The number of aliphatic carboxylic acids is 1. The molecule has 1 saturated heterocycles. The highest BCUT2D eigenvalue weighted by atomic mass is 16.7. The highest BCUT2D eigenvalue weighted by Crippen LogP contribution is 2.28. The molecule has 1 aliphatic rings. The molecule has 0 aliphatic carbocycles. The van der Waals surface area contributed by atoms with Crippen molar-refractivity contribution in [3.8, 4) is 11.5 Å². The molecular weight excluding hydrogens is 416 g/mol. The van der Waals surface area contributed by atoms with Gasteiger partial charge in [0.15, 0.2) is 6.10 Å². The van der Waals surface area contributed by atoms with Crippen LogP contribution in [0.4, 0.5) is 0 Å². The first-order chi connectivity index (χ1) is 14.7. The summed E-state index contributed by atoms with van der Waals surface area (Å²) in [4.78, 5) is 35.2. The number of hydrogen-bond donors (Lipinski definition) is 5. The van der Waals surface area contributed by atoms with Gasteiger partial charge in [-0.2, -0.15) is 0 Å². The van der Waals surface area contributed by atoms with E-state index in [1.54, 1.807) is 0 Å². The molecule has 11 nitrogen and oxygen atoms in total. The van der Waals surface area contributed by atoms with Crippen LogP contribution in [0.15, 0.2) is 48.5 Å². The fourth-order valence-electron chi connectivity index (χ4n) is 2.90. The number of carbonyl (C=O) groups excluding carboxylic acids is 1.